The van der Waals surface area contributed by atoms with Crippen LogP contribution in [-0.4, -0.2) is 72.8 Å². The van der Waals surface area contributed by atoms with Gasteiger partial charge in [-0.25, -0.2) is 22.7 Å². The average molecular weight is 478 g/mol. The number of fused-ring (bicyclic) bond motifs is 1. The number of benzene rings is 2. The first-order valence-electron chi connectivity index (χ1n) is 11.5. The molecule has 3 aromatic rings. The maximum atomic E-state index is 12.6. The number of piperazine rings is 1. The summed E-state index contributed by atoms with van der Waals surface area (Å²) in [5, 5.41) is 0. The lowest BCUT2D eigenvalue weighted by Crippen LogP contribution is -2.47. The smallest absolute Gasteiger partial charge is 0.269 e. The number of carbonyl (C=O) groups excluding carboxylic acids is 1. The van der Waals surface area contributed by atoms with E-state index in [4.69, 9.17) is 0 Å². The van der Waals surface area contributed by atoms with Crippen molar-refractivity contribution in [3.63, 3.8) is 0 Å². The van der Waals surface area contributed by atoms with Crippen molar-refractivity contribution in [1.29, 1.82) is 0 Å². The molecule has 9 heteroatoms. The molecule has 176 valence electrons. The van der Waals surface area contributed by atoms with Crippen LogP contribution in [-0.2, 0) is 10.0 Å². The number of aromatic nitrogens is 2. The minimum atomic E-state index is -3.71. The van der Waals surface area contributed by atoms with Crippen molar-refractivity contribution < 1.29 is 13.2 Å². The van der Waals surface area contributed by atoms with Gasteiger partial charge in [-0.3, -0.25) is 9.69 Å². The highest BCUT2D eigenvalue weighted by Gasteiger charge is 2.40. The molecule has 0 atom stereocenters. The summed E-state index contributed by atoms with van der Waals surface area (Å²) in [6.45, 7) is 4.58. The zero-order valence-corrected chi connectivity index (χ0v) is 19.7. The van der Waals surface area contributed by atoms with Crippen LogP contribution in [0.25, 0.3) is 11.1 Å². The van der Waals surface area contributed by atoms with Crippen molar-refractivity contribution in [3.8, 4) is 11.1 Å². The molecule has 2 aliphatic rings. The molecule has 0 spiro atoms. The Bertz CT molecular complexity index is 1260. The number of sulfonamides is 1. The Morgan fingerprint density at radius 3 is 2.12 bits per heavy atom. The lowest BCUT2D eigenvalue weighted by molar-refractivity contribution is 0.0868. The van der Waals surface area contributed by atoms with E-state index in [1.807, 2.05) is 42.7 Å². The molecular formula is C25H27N5O3S. The predicted molar refractivity (Wildman–Crippen MR) is 130 cm³/mol. The lowest BCUT2D eigenvalue weighted by atomic mass is 10.1. The molecular weight excluding hydrogens is 450 g/mol. The minimum Gasteiger partial charge on any atom is -0.338 e. The molecule has 3 heterocycles. The summed E-state index contributed by atoms with van der Waals surface area (Å²) >= 11 is 0. The molecule has 0 N–H and O–H groups in total. The quantitative estimate of drug-likeness (QED) is 0.484. The summed E-state index contributed by atoms with van der Waals surface area (Å²) < 4.78 is 26.3. The van der Waals surface area contributed by atoms with Gasteiger partial charge in [0, 0.05) is 50.7 Å². The number of unbranched alkanes of at least 4 members (excludes halogenated alkanes) is 1. The molecule has 34 heavy (non-hydrogen) atoms. The van der Waals surface area contributed by atoms with E-state index < -0.39 is 15.9 Å². The molecule has 1 amide bonds. The molecule has 2 aromatic carbocycles. The molecule has 2 aliphatic heterocycles. The monoisotopic (exact) mass is 477 g/mol. The second-order valence-corrected chi connectivity index (χ2v) is 10.4. The number of nitrogens with zero attached hydrogens (tertiary/aromatic N) is 5. The van der Waals surface area contributed by atoms with Gasteiger partial charge in [-0.05, 0) is 37.1 Å². The number of rotatable bonds is 7. The zero-order valence-electron chi connectivity index (χ0n) is 18.9. The fourth-order valence-corrected chi connectivity index (χ4v) is 6.09. The highest BCUT2D eigenvalue weighted by atomic mass is 32.2. The van der Waals surface area contributed by atoms with E-state index in [1.165, 1.54) is 6.07 Å². The highest BCUT2D eigenvalue weighted by Crippen LogP contribution is 2.30. The van der Waals surface area contributed by atoms with Gasteiger partial charge in [0.25, 0.3) is 15.9 Å². The first-order chi connectivity index (χ1) is 16.5. The maximum Gasteiger partial charge on any atom is 0.269 e. The molecule has 0 saturated carbocycles. The van der Waals surface area contributed by atoms with Crippen LogP contribution in [0.2, 0.25) is 0 Å². The van der Waals surface area contributed by atoms with Gasteiger partial charge in [0.1, 0.15) is 4.90 Å². The summed E-state index contributed by atoms with van der Waals surface area (Å²) in [7, 11) is -3.71. The predicted octanol–water partition coefficient (Wildman–Crippen LogP) is 2.89. The Morgan fingerprint density at radius 1 is 0.765 bits per heavy atom. The van der Waals surface area contributed by atoms with Crippen LogP contribution >= 0.6 is 0 Å². The summed E-state index contributed by atoms with van der Waals surface area (Å²) in [4.78, 5) is 26.3. The van der Waals surface area contributed by atoms with Crippen LogP contribution in [0, 0.1) is 0 Å². The molecule has 0 radical (unpaired) electrons. The van der Waals surface area contributed by atoms with Crippen molar-refractivity contribution in [3.05, 3.63) is 72.6 Å². The highest BCUT2D eigenvalue weighted by molar-refractivity contribution is 7.90. The number of hydrogen-bond donors (Lipinski definition) is 0. The van der Waals surface area contributed by atoms with E-state index in [2.05, 4.69) is 19.8 Å². The Hall–Kier alpha value is -3.30. The van der Waals surface area contributed by atoms with Crippen LogP contribution in [0.4, 0.5) is 5.95 Å². The van der Waals surface area contributed by atoms with Gasteiger partial charge in [0.2, 0.25) is 5.95 Å². The fraction of sp³-hybridized carbons (Fsp3) is 0.320. The van der Waals surface area contributed by atoms with E-state index in [-0.39, 0.29) is 17.0 Å². The van der Waals surface area contributed by atoms with Crippen LogP contribution in [0.3, 0.4) is 0 Å². The SMILES string of the molecule is O=C1c2ccccc2S(=O)(=O)N1CCCCN1CCN(c2ncc(-c3ccccc3)cn2)CC1. The van der Waals surface area contributed by atoms with Crippen LogP contribution in [0.1, 0.15) is 23.2 Å². The Kier molecular flexibility index (Phi) is 6.30. The second-order valence-electron chi connectivity index (χ2n) is 8.55. The van der Waals surface area contributed by atoms with Crippen molar-refractivity contribution in [2.24, 2.45) is 0 Å². The molecule has 0 aliphatic carbocycles. The molecule has 0 bridgehead atoms. The van der Waals surface area contributed by atoms with Crippen LogP contribution < -0.4 is 4.90 Å². The summed E-state index contributed by atoms with van der Waals surface area (Å²) in [5.41, 5.74) is 2.38. The van der Waals surface area contributed by atoms with Crippen molar-refractivity contribution in [1.82, 2.24) is 19.2 Å². The summed E-state index contributed by atoms with van der Waals surface area (Å²) in [6, 6.07) is 16.5. The van der Waals surface area contributed by atoms with E-state index in [1.54, 1.807) is 18.2 Å². The summed E-state index contributed by atoms with van der Waals surface area (Å²) in [5.74, 6) is 0.333. The Labute approximate surface area is 199 Å². The molecule has 1 aromatic heterocycles. The van der Waals surface area contributed by atoms with Gasteiger partial charge in [-0.2, -0.15) is 0 Å². The minimum absolute atomic E-state index is 0.121. The van der Waals surface area contributed by atoms with Gasteiger partial charge < -0.3 is 4.90 Å². The standard InChI is InChI=1S/C25H27N5O3S/c31-24-22-10-4-5-11-23(22)34(32,33)30(24)13-7-6-12-28-14-16-29(17-15-28)25-26-18-21(19-27-25)20-8-2-1-3-9-20/h1-5,8-11,18-19H,6-7,12-17H2. The first kappa shape index (κ1) is 22.5. The Balaban J connectivity index is 1.07. The van der Waals surface area contributed by atoms with Crippen LogP contribution in [0.5, 0.6) is 0 Å². The number of hydrogen-bond acceptors (Lipinski definition) is 7. The second kappa shape index (κ2) is 9.52. The van der Waals surface area contributed by atoms with E-state index in [0.717, 1.165) is 60.5 Å². The van der Waals surface area contributed by atoms with Crippen molar-refractivity contribution in [2.45, 2.75) is 17.7 Å². The lowest BCUT2D eigenvalue weighted by Gasteiger charge is -2.34. The normalized spacial score (nSPS) is 17.7. The van der Waals surface area contributed by atoms with Gasteiger partial charge in [-0.15, -0.1) is 0 Å². The third-order valence-electron chi connectivity index (χ3n) is 6.40. The maximum absolute atomic E-state index is 12.6. The largest absolute Gasteiger partial charge is 0.338 e. The molecule has 1 saturated heterocycles. The third kappa shape index (κ3) is 4.41. The Morgan fingerprint density at radius 2 is 1.41 bits per heavy atom. The third-order valence-corrected chi connectivity index (χ3v) is 8.24. The van der Waals surface area contributed by atoms with Crippen molar-refractivity contribution >= 4 is 21.9 Å². The topological polar surface area (TPSA) is 86.7 Å². The fourth-order valence-electron chi connectivity index (χ4n) is 4.48. The van der Waals surface area contributed by atoms with Gasteiger partial charge in [-0.1, -0.05) is 42.5 Å². The number of anilines is 1. The van der Waals surface area contributed by atoms with E-state index in [9.17, 15) is 13.2 Å². The average Bonchev–Trinajstić information content (AvgIpc) is 3.08. The van der Waals surface area contributed by atoms with E-state index >= 15 is 0 Å². The summed E-state index contributed by atoms with van der Waals surface area (Å²) in [6.07, 6.45) is 5.22. The van der Waals surface area contributed by atoms with Gasteiger partial charge >= 0.3 is 0 Å². The van der Waals surface area contributed by atoms with Crippen LogP contribution in [0.15, 0.2) is 71.9 Å². The van der Waals surface area contributed by atoms with Gasteiger partial charge in [0.15, 0.2) is 0 Å². The number of carbonyl (C=O) groups is 1. The molecule has 0 unspecified atom stereocenters. The molecule has 5 rings (SSSR count). The van der Waals surface area contributed by atoms with Gasteiger partial charge in [0.05, 0.1) is 5.56 Å². The number of amides is 1. The van der Waals surface area contributed by atoms with Crippen molar-refractivity contribution in [2.75, 3.05) is 44.2 Å². The zero-order chi connectivity index (χ0) is 23.5. The van der Waals surface area contributed by atoms with E-state index in [0.29, 0.717) is 6.42 Å². The molecule has 1 fully saturated rings. The first-order valence-corrected chi connectivity index (χ1v) is 13.0. The molecule has 8 nitrogen and oxygen atoms in total.